The minimum atomic E-state index is -0.472. The first-order chi connectivity index (χ1) is 9.40. The van der Waals surface area contributed by atoms with E-state index in [9.17, 15) is 24.9 Å². The topological polar surface area (TPSA) is 94.8 Å². The normalized spacial score (nSPS) is 13.1. The highest BCUT2D eigenvalue weighted by Crippen LogP contribution is 2.36. The van der Waals surface area contributed by atoms with Crippen molar-refractivity contribution in [3.63, 3.8) is 0 Å². The zero-order chi connectivity index (χ0) is 14.6. The van der Waals surface area contributed by atoms with Gasteiger partial charge in [-0.2, -0.15) is 0 Å². The molecule has 0 heterocycles. The van der Waals surface area contributed by atoms with E-state index >= 15 is 0 Å². The minimum Gasteiger partial charge on any atom is -0.508 e. The maximum atomic E-state index is 12.4. The van der Waals surface area contributed by atoms with Crippen molar-refractivity contribution in [1.82, 2.24) is 0 Å². The molecule has 0 unspecified atom stereocenters. The number of benzene rings is 2. The number of ketones is 2. The number of fused-ring (bicyclic) bond motifs is 2. The number of aryl methyl sites for hydroxylation is 1. The maximum absolute atomic E-state index is 12.4. The van der Waals surface area contributed by atoms with E-state index in [0.29, 0.717) is 5.56 Å². The number of carbonyl (C=O) groups is 2. The molecule has 3 N–H and O–H groups in total. The SMILES string of the molecule is Cc1cc2c(cc1O)C(=O)c1cc(O)c(O)cc1C2=O. The van der Waals surface area contributed by atoms with E-state index in [1.807, 2.05) is 0 Å². The molecule has 5 heteroatoms. The lowest BCUT2D eigenvalue weighted by atomic mass is 9.83. The maximum Gasteiger partial charge on any atom is 0.194 e. The number of phenolic OH excluding ortho intramolecular Hbond substituents is 3. The van der Waals surface area contributed by atoms with Crippen LogP contribution in [0.2, 0.25) is 0 Å². The summed E-state index contributed by atoms with van der Waals surface area (Å²) in [6.45, 7) is 1.62. The molecule has 0 radical (unpaired) electrons. The summed E-state index contributed by atoms with van der Waals surface area (Å²) in [5.41, 5.74) is 0.818. The van der Waals surface area contributed by atoms with Gasteiger partial charge >= 0.3 is 0 Å². The molecule has 3 rings (SSSR count). The van der Waals surface area contributed by atoms with E-state index < -0.39 is 23.1 Å². The van der Waals surface area contributed by atoms with Gasteiger partial charge in [-0.05, 0) is 36.8 Å². The van der Waals surface area contributed by atoms with Crippen LogP contribution in [0.15, 0.2) is 24.3 Å². The summed E-state index contributed by atoms with van der Waals surface area (Å²) >= 11 is 0. The Morgan fingerprint density at radius 3 is 1.45 bits per heavy atom. The zero-order valence-corrected chi connectivity index (χ0v) is 10.5. The van der Waals surface area contributed by atoms with E-state index in [2.05, 4.69) is 0 Å². The van der Waals surface area contributed by atoms with Gasteiger partial charge in [-0.1, -0.05) is 0 Å². The van der Waals surface area contributed by atoms with Crippen molar-refractivity contribution >= 4 is 11.6 Å². The molecular weight excluding hydrogens is 260 g/mol. The molecule has 0 atom stereocenters. The fourth-order valence-corrected chi connectivity index (χ4v) is 2.31. The number of hydrogen-bond donors (Lipinski definition) is 3. The molecule has 0 amide bonds. The van der Waals surface area contributed by atoms with E-state index in [-0.39, 0.29) is 28.0 Å². The third kappa shape index (κ3) is 1.50. The highest BCUT2D eigenvalue weighted by molar-refractivity contribution is 6.28. The summed E-state index contributed by atoms with van der Waals surface area (Å²) in [6, 6.07) is 4.83. The molecule has 2 aromatic rings. The molecule has 2 aromatic carbocycles. The Balaban J connectivity index is 2.33. The number of rotatable bonds is 0. The van der Waals surface area contributed by atoms with Crippen molar-refractivity contribution < 1.29 is 24.9 Å². The number of carbonyl (C=O) groups excluding carboxylic acids is 2. The summed E-state index contributed by atoms with van der Waals surface area (Å²) in [7, 11) is 0. The fraction of sp³-hybridized carbons (Fsp3) is 0.0667. The molecule has 0 spiro atoms. The molecule has 0 bridgehead atoms. The second kappa shape index (κ2) is 3.84. The van der Waals surface area contributed by atoms with Gasteiger partial charge in [0.05, 0.1) is 0 Å². The minimum absolute atomic E-state index is 0.0149. The lowest BCUT2D eigenvalue weighted by Crippen LogP contribution is -2.21. The van der Waals surface area contributed by atoms with Crippen LogP contribution in [-0.4, -0.2) is 26.9 Å². The van der Waals surface area contributed by atoms with Gasteiger partial charge in [0.1, 0.15) is 5.75 Å². The van der Waals surface area contributed by atoms with Crippen molar-refractivity contribution in [3.05, 3.63) is 52.1 Å². The first-order valence-corrected chi connectivity index (χ1v) is 5.89. The van der Waals surface area contributed by atoms with Gasteiger partial charge < -0.3 is 15.3 Å². The first-order valence-electron chi connectivity index (χ1n) is 5.89. The number of hydrogen-bond acceptors (Lipinski definition) is 5. The Morgan fingerprint density at radius 2 is 1.00 bits per heavy atom. The Morgan fingerprint density at radius 1 is 0.650 bits per heavy atom. The number of aromatic hydroxyl groups is 3. The highest BCUT2D eigenvalue weighted by atomic mass is 16.3. The van der Waals surface area contributed by atoms with Crippen LogP contribution < -0.4 is 0 Å². The average Bonchev–Trinajstić information content (AvgIpc) is 2.41. The highest BCUT2D eigenvalue weighted by Gasteiger charge is 2.31. The third-order valence-corrected chi connectivity index (χ3v) is 3.43. The summed E-state index contributed by atoms with van der Waals surface area (Å²) in [4.78, 5) is 24.7. The van der Waals surface area contributed by atoms with Gasteiger partial charge in [0, 0.05) is 22.3 Å². The largest absolute Gasteiger partial charge is 0.508 e. The lowest BCUT2D eigenvalue weighted by Gasteiger charge is -2.19. The van der Waals surface area contributed by atoms with Gasteiger partial charge in [0.2, 0.25) is 0 Å². The third-order valence-electron chi connectivity index (χ3n) is 3.43. The summed E-state index contributed by atoms with van der Waals surface area (Å²) in [6.07, 6.45) is 0. The molecule has 5 nitrogen and oxygen atoms in total. The van der Waals surface area contributed by atoms with Gasteiger partial charge in [0.15, 0.2) is 23.1 Å². The second-order valence-electron chi connectivity index (χ2n) is 4.73. The van der Waals surface area contributed by atoms with Crippen LogP contribution in [0.1, 0.15) is 37.4 Å². The van der Waals surface area contributed by atoms with E-state index in [0.717, 1.165) is 12.1 Å². The second-order valence-corrected chi connectivity index (χ2v) is 4.73. The first kappa shape index (κ1) is 12.2. The Labute approximate surface area is 113 Å². The number of phenols is 3. The Bertz CT molecular complexity index is 660. The molecule has 1 aliphatic rings. The molecule has 0 saturated heterocycles. The van der Waals surface area contributed by atoms with Crippen molar-refractivity contribution in [2.75, 3.05) is 0 Å². The van der Waals surface area contributed by atoms with Crippen LogP contribution in [0, 0.1) is 6.92 Å². The molecule has 20 heavy (non-hydrogen) atoms. The van der Waals surface area contributed by atoms with Gasteiger partial charge in [-0.15, -0.1) is 0 Å². The summed E-state index contributed by atoms with van der Waals surface area (Å²) in [5, 5.41) is 28.6. The Hall–Kier alpha value is -2.82. The van der Waals surface area contributed by atoms with Gasteiger partial charge in [-0.3, -0.25) is 9.59 Å². The quantitative estimate of drug-likeness (QED) is 0.542. The van der Waals surface area contributed by atoms with Crippen molar-refractivity contribution in [2.45, 2.75) is 6.92 Å². The Kier molecular flexibility index (Phi) is 2.34. The predicted molar refractivity (Wildman–Crippen MR) is 69.5 cm³/mol. The zero-order valence-electron chi connectivity index (χ0n) is 10.5. The molecule has 1 aliphatic carbocycles. The van der Waals surface area contributed by atoms with Crippen LogP contribution in [0.25, 0.3) is 0 Å². The van der Waals surface area contributed by atoms with E-state index in [1.54, 1.807) is 6.92 Å². The van der Waals surface area contributed by atoms with Crippen LogP contribution in [-0.2, 0) is 0 Å². The van der Waals surface area contributed by atoms with Crippen molar-refractivity contribution in [3.8, 4) is 17.2 Å². The van der Waals surface area contributed by atoms with Crippen molar-refractivity contribution in [1.29, 1.82) is 0 Å². The van der Waals surface area contributed by atoms with Gasteiger partial charge in [-0.25, -0.2) is 0 Å². The molecule has 0 aromatic heterocycles. The molecule has 100 valence electrons. The predicted octanol–water partition coefficient (Wildman–Crippen LogP) is 1.89. The molecular formula is C15H10O5. The van der Waals surface area contributed by atoms with E-state index in [1.165, 1.54) is 12.1 Å². The van der Waals surface area contributed by atoms with Crippen LogP contribution in [0.3, 0.4) is 0 Å². The molecule has 0 aliphatic heterocycles. The van der Waals surface area contributed by atoms with Crippen LogP contribution in [0.4, 0.5) is 0 Å². The monoisotopic (exact) mass is 270 g/mol. The standard InChI is InChI=1S/C15H10O5/c1-6-2-7-8(3-11(6)16)15(20)10-5-13(18)12(17)4-9(10)14(7)19/h2-5,16-18H,1H3. The van der Waals surface area contributed by atoms with Crippen LogP contribution >= 0.6 is 0 Å². The smallest absolute Gasteiger partial charge is 0.194 e. The molecule has 0 fully saturated rings. The summed E-state index contributed by atoms with van der Waals surface area (Å²) in [5.74, 6) is -1.89. The van der Waals surface area contributed by atoms with Crippen LogP contribution in [0.5, 0.6) is 17.2 Å². The molecule has 0 saturated carbocycles. The fourth-order valence-electron chi connectivity index (χ4n) is 2.31. The summed E-state index contributed by atoms with van der Waals surface area (Å²) < 4.78 is 0. The van der Waals surface area contributed by atoms with E-state index in [4.69, 9.17) is 0 Å². The lowest BCUT2D eigenvalue weighted by molar-refractivity contribution is 0.0978. The van der Waals surface area contributed by atoms with Crippen molar-refractivity contribution in [2.24, 2.45) is 0 Å². The average molecular weight is 270 g/mol. The van der Waals surface area contributed by atoms with Gasteiger partial charge in [0.25, 0.3) is 0 Å².